The third-order valence-electron chi connectivity index (χ3n) is 7.91. The number of aliphatic hydroxyl groups excluding tert-OH is 1. The number of allylic oxidation sites excluding steroid dienone is 3. The fourth-order valence-corrected chi connectivity index (χ4v) is 5.09. The molecule has 4 heteroatoms. The van der Waals surface area contributed by atoms with Crippen LogP contribution < -0.4 is 0 Å². The number of aryl methyl sites for hydroxylation is 3. The maximum absolute atomic E-state index is 11.6. The maximum atomic E-state index is 11.6. The lowest BCUT2D eigenvalue weighted by molar-refractivity contribution is 0.502. The highest BCUT2D eigenvalue weighted by molar-refractivity contribution is 6.25. The molecule has 0 unspecified atom stereocenters. The Kier molecular flexibility index (Phi) is 6.70. The summed E-state index contributed by atoms with van der Waals surface area (Å²) in [5.74, 6) is 0.310. The second kappa shape index (κ2) is 9.59. The summed E-state index contributed by atoms with van der Waals surface area (Å²) in [7, 11) is 2.03. The first-order valence-electron chi connectivity index (χ1n) is 12.4. The van der Waals surface area contributed by atoms with Gasteiger partial charge in [-0.25, -0.2) is 0 Å². The van der Waals surface area contributed by atoms with Crippen molar-refractivity contribution in [3.8, 4) is 22.9 Å². The zero-order chi connectivity index (χ0) is 26.3. The molecule has 0 bridgehead atoms. The molecular weight excluding hydrogens is 439 g/mol. The van der Waals surface area contributed by atoms with Gasteiger partial charge in [-0.3, -0.25) is 0 Å². The zero-order valence-electron chi connectivity index (χ0n) is 22.5. The molecule has 0 saturated carbocycles. The predicted octanol–water partition coefficient (Wildman–Crippen LogP) is 7.54. The van der Waals surface area contributed by atoms with Crippen molar-refractivity contribution in [2.24, 2.45) is 0 Å². The van der Waals surface area contributed by atoms with Gasteiger partial charge in [0.2, 0.25) is 0 Å². The van der Waals surface area contributed by atoms with Crippen LogP contribution in [0.4, 0.5) is 0 Å². The molecule has 0 saturated heterocycles. The molecule has 0 aliphatic carbocycles. The topological polar surface area (TPSA) is 49.0 Å². The molecule has 36 heavy (non-hydrogen) atoms. The van der Waals surface area contributed by atoms with E-state index in [1.54, 1.807) is 0 Å². The van der Waals surface area contributed by atoms with Crippen LogP contribution in [-0.4, -0.2) is 17.5 Å². The smallest absolute Gasteiger partial charge is 0.142 e. The van der Waals surface area contributed by atoms with Crippen LogP contribution in [0.2, 0.25) is 0 Å². The molecule has 0 amide bonds. The largest absolute Gasteiger partial charge is 0.505 e. The van der Waals surface area contributed by atoms with Crippen molar-refractivity contribution < 1.29 is 5.11 Å². The minimum atomic E-state index is 0.310. The fourth-order valence-electron chi connectivity index (χ4n) is 5.09. The fraction of sp³-hybridized carbons (Fsp3) is 0.219. The van der Waals surface area contributed by atoms with Gasteiger partial charge in [-0.2, -0.15) is 5.26 Å². The highest BCUT2D eigenvalue weighted by atomic mass is 16.3. The van der Waals surface area contributed by atoms with Crippen LogP contribution in [0.25, 0.3) is 33.5 Å². The van der Waals surface area contributed by atoms with E-state index in [1.807, 2.05) is 52.0 Å². The van der Waals surface area contributed by atoms with Gasteiger partial charge < -0.3 is 9.67 Å². The molecule has 0 fully saturated rings. The van der Waals surface area contributed by atoms with Gasteiger partial charge in [-0.05, 0) is 117 Å². The molecule has 3 nitrogen and oxygen atoms in total. The van der Waals surface area contributed by atoms with Crippen molar-refractivity contribution in [2.45, 2.75) is 48.5 Å². The van der Waals surface area contributed by atoms with Crippen molar-refractivity contribution in [3.05, 3.63) is 105 Å². The summed E-state index contributed by atoms with van der Waals surface area (Å²) < 4.78 is 2.23. The second-order valence-corrected chi connectivity index (χ2v) is 9.71. The average molecular weight is 472 g/mol. The molecule has 0 spiro atoms. The lowest BCUT2D eigenvalue weighted by atomic mass is 9.87. The van der Waals surface area contributed by atoms with Crippen LogP contribution >= 0.6 is 0 Å². The summed E-state index contributed by atoms with van der Waals surface area (Å²) in [4.78, 5) is 0. The zero-order valence-corrected chi connectivity index (χ0v) is 22.5. The number of nitriles is 1. The number of rotatable bonds is 4. The van der Waals surface area contributed by atoms with E-state index in [2.05, 4.69) is 69.5 Å². The first-order valence-corrected chi connectivity index (χ1v) is 12.4. The Labute approximate surface area is 215 Å². The minimum Gasteiger partial charge on any atom is -0.505 e. The highest BCUT2D eigenvalue weighted by Crippen LogP contribution is 2.40. The van der Waals surface area contributed by atoms with Gasteiger partial charge in [0, 0.05) is 11.1 Å². The third-order valence-corrected chi connectivity index (χ3v) is 7.91. The first kappa shape index (κ1) is 25.1. The molecular formula is C32H33BN2O. The van der Waals surface area contributed by atoms with Crippen LogP contribution in [0, 0.1) is 45.9 Å². The van der Waals surface area contributed by atoms with Gasteiger partial charge in [-0.15, -0.1) is 0 Å². The summed E-state index contributed by atoms with van der Waals surface area (Å²) in [5, 5.41) is 21.9. The quantitative estimate of drug-likeness (QED) is 0.190. The molecule has 0 radical (unpaired) electrons. The minimum absolute atomic E-state index is 0.310. The van der Waals surface area contributed by atoms with E-state index in [0.29, 0.717) is 11.3 Å². The van der Waals surface area contributed by atoms with Crippen molar-refractivity contribution in [1.29, 1.82) is 5.26 Å². The monoisotopic (exact) mass is 472 g/mol. The molecule has 1 heterocycles. The number of hydrogen-bond acceptors (Lipinski definition) is 2. The number of nitrogens with zero attached hydrogens (tertiary/aromatic N) is 2. The molecule has 4 rings (SSSR count). The lowest BCUT2D eigenvalue weighted by Crippen LogP contribution is -2.04. The Hall–Kier alpha value is -3.97. The third kappa shape index (κ3) is 3.95. The molecule has 1 aromatic heterocycles. The predicted molar refractivity (Wildman–Crippen MR) is 155 cm³/mol. The van der Waals surface area contributed by atoms with Crippen molar-refractivity contribution in [3.63, 3.8) is 0 Å². The summed E-state index contributed by atoms with van der Waals surface area (Å²) >= 11 is 0. The number of benzene rings is 3. The summed E-state index contributed by atoms with van der Waals surface area (Å²) in [6.45, 7) is 14.8. The number of aliphatic hydroxyl groups is 1. The number of fused-ring (bicyclic) bond motifs is 1. The molecule has 1 N–H and O–H groups in total. The van der Waals surface area contributed by atoms with Crippen molar-refractivity contribution in [2.75, 3.05) is 0 Å². The molecule has 0 aliphatic rings. The molecule has 4 aromatic rings. The first-order chi connectivity index (χ1) is 17.1. The van der Waals surface area contributed by atoms with E-state index in [4.69, 9.17) is 5.26 Å². The Bertz CT molecular complexity index is 1590. The molecule has 180 valence electrons. The van der Waals surface area contributed by atoms with Gasteiger partial charge in [0.1, 0.15) is 13.6 Å². The van der Waals surface area contributed by atoms with Crippen LogP contribution in [0.5, 0.6) is 0 Å². The Morgan fingerprint density at radius 1 is 0.833 bits per heavy atom. The normalized spacial score (nSPS) is 12.6. The molecule has 0 atom stereocenters. The molecule has 3 aromatic carbocycles. The highest BCUT2D eigenvalue weighted by Gasteiger charge is 2.24. The van der Waals surface area contributed by atoms with Gasteiger partial charge >= 0.3 is 0 Å². The van der Waals surface area contributed by atoms with E-state index in [0.717, 1.165) is 44.6 Å². The number of hydrogen-bond donors (Lipinski definition) is 1. The summed E-state index contributed by atoms with van der Waals surface area (Å²) in [6, 6.07) is 18.3. The van der Waals surface area contributed by atoms with E-state index in [9.17, 15) is 5.11 Å². The summed E-state index contributed by atoms with van der Waals surface area (Å²) in [6.07, 6.45) is 2.03. The van der Waals surface area contributed by atoms with Crippen molar-refractivity contribution >= 4 is 24.5 Å². The maximum Gasteiger partial charge on any atom is 0.142 e. The number of aromatic nitrogens is 1. The van der Waals surface area contributed by atoms with E-state index >= 15 is 0 Å². The lowest BCUT2D eigenvalue weighted by Gasteiger charge is -2.17. The van der Waals surface area contributed by atoms with Gasteiger partial charge in [0.15, 0.2) is 0 Å². The van der Waals surface area contributed by atoms with E-state index in [-0.39, 0.29) is 0 Å². The van der Waals surface area contributed by atoms with Crippen LogP contribution in [0.15, 0.2) is 65.7 Å². The van der Waals surface area contributed by atoms with Crippen molar-refractivity contribution in [1.82, 2.24) is 4.57 Å². The van der Waals surface area contributed by atoms with Gasteiger partial charge in [0.25, 0.3) is 0 Å². The second-order valence-electron chi connectivity index (χ2n) is 9.71. The van der Waals surface area contributed by atoms with Crippen LogP contribution in [0.1, 0.15) is 52.9 Å². The van der Waals surface area contributed by atoms with Crippen LogP contribution in [0.3, 0.4) is 0 Å². The Morgan fingerprint density at radius 3 is 1.89 bits per heavy atom. The van der Waals surface area contributed by atoms with E-state index in [1.165, 1.54) is 27.6 Å². The van der Waals surface area contributed by atoms with Crippen LogP contribution in [-0.2, 0) is 0 Å². The van der Waals surface area contributed by atoms with E-state index < -0.39 is 0 Å². The van der Waals surface area contributed by atoms with Gasteiger partial charge in [-0.1, -0.05) is 35.8 Å². The standard InChI is InChI=1S/C32H33BN2O/c1-8-28(33)22(6)32(36)31-23(7)29-20(4)18(2)19(3)21(5)30(29)35(31)27-15-13-26(14-16-27)25-11-9-24(17-34)10-12-25/h8-16,36H,33H2,1-7H3/b28-8-,32-22+. The Morgan fingerprint density at radius 2 is 1.36 bits per heavy atom. The Balaban J connectivity index is 2.04. The molecule has 0 aliphatic heterocycles. The average Bonchev–Trinajstić information content (AvgIpc) is 3.22. The SMILES string of the molecule is BC(=C\C)/C(C)=C(/O)c1c(C)c2c(C)c(C)c(C)c(C)c2n1-c1ccc(-c2ccc(C#N)cc2)cc1. The van der Waals surface area contributed by atoms with Gasteiger partial charge in [0.05, 0.1) is 22.8 Å². The summed E-state index contributed by atoms with van der Waals surface area (Å²) in [5.41, 5.74) is 13.9.